The topological polar surface area (TPSA) is 50.2 Å². The average Bonchev–Trinajstić information content (AvgIpc) is 2.98. The van der Waals surface area contributed by atoms with Gasteiger partial charge in [-0.05, 0) is 37.3 Å². The van der Waals surface area contributed by atoms with Crippen LogP contribution in [0.3, 0.4) is 0 Å². The molecule has 0 spiro atoms. The minimum Gasteiger partial charge on any atom is -0.332 e. The maximum absolute atomic E-state index is 12.9. The van der Waals surface area contributed by atoms with Gasteiger partial charge in [-0.3, -0.25) is 4.79 Å². The molecule has 2 heterocycles. The number of piperazine rings is 1. The van der Waals surface area contributed by atoms with Crippen LogP contribution in [0.5, 0.6) is 0 Å². The van der Waals surface area contributed by atoms with E-state index in [1.807, 2.05) is 11.8 Å². The summed E-state index contributed by atoms with van der Waals surface area (Å²) in [5.74, 6) is -0.360. The lowest BCUT2D eigenvalue weighted by Crippen LogP contribution is -2.52. The van der Waals surface area contributed by atoms with E-state index >= 15 is 0 Å². The number of rotatable bonds is 2. The molecule has 1 aromatic heterocycles. The van der Waals surface area contributed by atoms with Crippen molar-refractivity contribution >= 4 is 5.91 Å². The molecule has 6 heteroatoms. The van der Waals surface area contributed by atoms with Crippen LogP contribution < -0.4 is 5.32 Å². The Bertz CT molecular complexity index is 637. The molecule has 5 nitrogen and oxygen atoms in total. The van der Waals surface area contributed by atoms with E-state index in [0.29, 0.717) is 12.2 Å². The van der Waals surface area contributed by atoms with Gasteiger partial charge in [-0.15, -0.1) is 0 Å². The monoisotopic (exact) mass is 288 g/mol. The summed E-state index contributed by atoms with van der Waals surface area (Å²) < 4.78 is 14.5. The number of amides is 1. The van der Waals surface area contributed by atoms with Crippen molar-refractivity contribution < 1.29 is 9.18 Å². The third-order valence-corrected chi connectivity index (χ3v) is 3.66. The van der Waals surface area contributed by atoms with E-state index in [9.17, 15) is 9.18 Å². The summed E-state index contributed by atoms with van der Waals surface area (Å²) in [5, 5.41) is 7.55. The molecule has 0 radical (unpaired) electrons. The molecule has 1 aromatic carbocycles. The van der Waals surface area contributed by atoms with Gasteiger partial charge in [-0.1, -0.05) is 0 Å². The molecule has 21 heavy (non-hydrogen) atoms. The van der Waals surface area contributed by atoms with Crippen molar-refractivity contribution in [2.45, 2.75) is 13.0 Å². The zero-order valence-corrected chi connectivity index (χ0v) is 11.8. The zero-order chi connectivity index (χ0) is 14.8. The molecule has 0 saturated carbocycles. The van der Waals surface area contributed by atoms with Crippen molar-refractivity contribution in [1.29, 1.82) is 0 Å². The summed E-state index contributed by atoms with van der Waals surface area (Å²) in [4.78, 5) is 14.3. The van der Waals surface area contributed by atoms with Crippen LogP contribution in [0.2, 0.25) is 0 Å². The number of nitrogens with zero attached hydrogens (tertiary/aromatic N) is 3. The third-order valence-electron chi connectivity index (χ3n) is 3.66. The van der Waals surface area contributed by atoms with E-state index in [1.54, 1.807) is 29.1 Å². The quantitative estimate of drug-likeness (QED) is 0.910. The minimum atomic E-state index is -0.295. The number of nitrogens with one attached hydrogen (secondary N) is 1. The van der Waals surface area contributed by atoms with Gasteiger partial charge in [-0.25, -0.2) is 9.07 Å². The standard InChI is InChI=1S/C15H17FN4O/c1-11-10-17-7-9-19(11)15(21)14-6-8-20(18-14)13-4-2-12(16)3-5-13/h2-6,8,11,17H,7,9-10H2,1H3/t11-/m0/s1. The molecule has 1 aliphatic rings. The fraction of sp³-hybridized carbons (Fsp3) is 0.333. The minimum absolute atomic E-state index is 0.0649. The molecule has 1 N–H and O–H groups in total. The van der Waals surface area contributed by atoms with Crippen molar-refractivity contribution in [2.24, 2.45) is 0 Å². The zero-order valence-electron chi connectivity index (χ0n) is 11.8. The molecule has 0 unspecified atom stereocenters. The van der Waals surface area contributed by atoms with Crippen molar-refractivity contribution in [3.8, 4) is 5.69 Å². The number of carbonyl (C=O) groups is 1. The van der Waals surface area contributed by atoms with Crippen LogP contribution in [0, 0.1) is 5.82 Å². The van der Waals surface area contributed by atoms with Gasteiger partial charge in [-0.2, -0.15) is 5.10 Å². The van der Waals surface area contributed by atoms with Gasteiger partial charge in [0.05, 0.1) is 5.69 Å². The molecule has 1 aliphatic heterocycles. The molecule has 1 fully saturated rings. The van der Waals surface area contributed by atoms with E-state index < -0.39 is 0 Å². The first-order valence-corrected chi connectivity index (χ1v) is 6.98. The van der Waals surface area contributed by atoms with Crippen LogP contribution in [0.4, 0.5) is 4.39 Å². The lowest BCUT2D eigenvalue weighted by Gasteiger charge is -2.33. The Kier molecular flexibility index (Phi) is 3.70. The Morgan fingerprint density at radius 2 is 2.10 bits per heavy atom. The highest BCUT2D eigenvalue weighted by Gasteiger charge is 2.25. The van der Waals surface area contributed by atoms with E-state index in [2.05, 4.69) is 10.4 Å². The number of halogens is 1. The lowest BCUT2D eigenvalue weighted by atomic mass is 10.2. The smallest absolute Gasteiger partial charge is 0.274 e. The fourth-order valence-electron chi connectivity index (χ4n) is 2.47. The van der Waals surface area contributed by atoms with Gasteiger partial charge in [0.15, 0.2) is 5.69 Å². The van der Waals surface area contributed by atoms with E-state index in [4.69, 9.17) is 0 Å². The Labute approximate surface area is 122 Å². The van der Waals surface area contributed by atoms with E-state index in [0.717, 1.165) is 18.8 Å². The Morgan fingerprint density at radius 3 is 2.81 bits per heavy atom. The van der Waals surface area contributed by atoms with Crippen LogP contribution >= 0.6 is 0 Å². The molecule has 0 aliphatic carbocycles. The Hall–Kier alpha value is -2.21. The lowest BCUT2D eigenvalue weighted by molar-refractivity contribution is 0.0649. The van der Waals surface area contributed by atoms with Gasteiger partial charge in [0.25, 0.3) is 5.91 Å². The van der Waals surface area contributed by atoms with Crippen LogP contribution in [0.15, 0.2) is 36.5 Å². The maximum Gasteiger partial charge on any atom is 0.274 e. The van der Waals surface area contributed by atoms with E-state index in [1.165, 1.54) is 12.1 Å². The molecular formula is C15H17FN4O. The van der Waals surface area contributed by atoms with Gasteiger partial charge >= 0.3 is 0 Å². The number of carbonyl (C=O) groups excluding carboxylic acids is 1. The second kappa shape index (κ2) is 5.65. The van der Waals surface area contributed by atoms with Crippen molar-refractivity contribution in [1.82, 2.24) is 20.0 Å². The molecule has 1 amide bonds. The highest BCUT2D eigenvalue weighted by atomic mass is 19.1. The van der Waals surface area contributed by atoms with Crippen molar-refractivity contribution in [3.63, 3.8) is 0 Å². The van der Waals surface area contributed by atoms with Crippen LogP contribution in [0.25, 0.3) is 5.69 Å². The molecule has 110 valence electrons. The van der Waals surface area contributed by atoms with Crippen LogP contribution in [-0.4, -0.2) is 46.3 Å². The molecule has 2 aromatic rings. The Morgan fingerprint density at radius 1 is 1.33 bits per heavy atom. The average molecular weight is 288 g/mol. The fourth-order valence-corrected chi connectivity index (χ4v) is 2.47. The summed E-state index contributed by atoms with van der Waals surface area (Å²) in [6.07, 6.45) is 1.72. The predicted molar refractivity (Wildman–Crippen MR) is 76.9 cm³/mol. The second-order valence-corrected chi connectivity index (χ2v) is 5.17. The summed E-state index contributed by atoms with van der Waals surface area (Å²) in [6.45, 7) is 4.30. The van der Waals surface area contributed by atoms with Crippen molar-refractivity contribution in [3.05, 3.63) is 48.0 Å². The SMILES string of the molecule is C[C@H]1CNCCN1C(=O)c1ccn(-c2ccc(F)cc2)n1. The van der Waals surface area contributed by atoms with Crippen LogP contribution in [0.1, 0.15) is 17.4 Å². The molecular weight excluding hydrogens is 271 g/mol. The number of hydrogen-bond donors (Lipinski definition) is 1. The molecule has 1 saturated heterocycles. The normalized spacial score (nSPS) is 18.8. The largest absolute Gasteiger partial charge is 0.332 e. The Balaban J connectivity index is 1.81. The molecule has 3 rings (SSSR count). The van der Waals surface area contributed by atoms with Gasteiger partial charge < -0.3 is 10.2 Å². The first kappa shape index (κ1) is 13.8. The number of hydrogen-bond acceptors (Lipinski definition) is 3. The predicted octanol–water partition coefficient (Wildman–Crippen LogP) is 1.45. The highest BCUT2D eigenvalue weighted by Crippen LogP contribution is 2.12. The van der Waals surface area contributed by atoms with E-state index in [-0.39, 0.29) is 17.8 Å². The first-order chi connectivity index (χ1) is 10.1. The number of aromatic nitrogens is 2. The molecule has 1 atom stereocenters. The molecule has 0 bridgehead atoms. The maximum atomic E-state index is 12.9. The second-order valence-electron chi connectivity index (χ2n) is 5.17. The van der Waals surface area contributed by atoms with Crippen molar-refractivity contribution in [2.75, 3.05) is 19.6 Å². The summed E-state index contributed by atoms with van der Waals surface area (Å²) in [7, 11) is 0. The highest BCUT2D eigenvalue weighted by molar-refractivity contribution is 5.92. The summed E-state index contributed by atoms with van der Waals surface area (Å²) in [5.41, 5.74) is 1.14. The van der Waals surface area contributed by atoms with Gasteiger partial charge in [0.1, 0.15) is 5.82 Å². The number of benzene rings is 1. The summed E-state index contributed by atoms with van der Waals surface area (Å²) in [6, 6.07) is 7.85. The first-order valence-electron chi connectivity index (χ1n) is 6.98. The van der Waals surface area contributed by atoms with Gasteiger partial charge in [0, 0.05) is 31.9 Å². The van der Waals surface area contributed by atoms with Crippen LogP contribution in [-0.2, 0) is 0 Å². The third kappa shape index (κ3) is 2.80. The summed E-state index contributed by atoms with van der Waals surface area (Å²) >= 11 is 0. The van der Waals surface area contributed by atoms with Gasteiger partial charge in [0.2, 0.25) is 0 Å².